The Hall–Kier alpha value is -2.53. The van der Waals surface area contributed by atoms with E-state index in [4.69, 9.17) is 16.3 Å². The second-order valence-corrected chi connectivity index (χ2v) is 7.59. The molecule has 2 aromatic carbocycles. The third-order valence-electron chi connectivity index (χ3n) is 5.01. The average molecular weight is 385 g/mol. The van der Waals surface area contributed by atoms with Crippen molar-refractivity contribution in [2.75, 3.05) is 6.54 Å². The molecule has 2 atom stereocenters. The van der Waals surface area contributed by atoms with E-state index in [-0.39, 0.29) is 17.9 Å². The highest BCUT2D eigenvalue weighted by atomic mass is 35.5. The molecule has 140 valence electrons. The molecule has 2 aromatic rings. The van der Waals surface area contributed by atoms with Gasteiger partial charge in [0.2, 0.25) is 11.8 Å². The number of rotatable bonds is 4. The van der Waals surface area contributed by atoms with E-state index in [9.17, 15) is 9.59 Å². The molecule has 0 saturated carbocycles. The molecule has 4 rings (SSSR count). The van der Waals surface area contributed by atoms with Gasteiger partial charge in [0.1, 0.15) is 17.9 Å². The van der Waals surface area contributed by atoms with Gasteiger partial charge in [-0.25, -0.2) is 0 Å². The molecule has 0 spiro atoms. The van der Waals surface area contributed by atoms with Crippen LogP contribution in [0, 0.1) is 6.92 Å². The summed E-state index contributed by atoms with van der Waals surface area (Å²) in [5.74, 6) is 0.661. The van der Waals surface area contributed by atoms with Crippen LogP contribution in [0.25, 0.3) is 11.1 Å². The van der Waals surface area contributed by atoms with Crippen LogP contribution in [-0.4, -0.2) is 30.5 Å². The Balaban J connectivity index is 1.46. The first-order valence-corrected chi connectivity index (χ1v) is 9.50. The second kappa shape index (κ2) is 7.24. The number of hydrogen-bond donors (Lipinski definition) is 2. The molecule has 2 aliphatic heterocycles. The maximum atomic E-state index is 12.2. The molecule has 2 heterocycles. The van der Waals surface area contributed by atoms with Gasteiger partial charge in [-0.3, -0.25) is 9.59 Å². The lowest BCUT2D eigenvalue weighted by Gasteiger charge is -2.16. The molecule has 5 nitrogen and oxygen atoms in total. The number of aryl methyl sites for hydroxylation is 1. The molecule has 1 saturated heterocycles. The van der Waals surface area contributed by atoms with Crippen molar-refractivity contribution in [3.63, 3.8) is 0 Å². The van der Waals surface area contributed by atoms with E-state index in [1.54, 1.807) is 0 Å². The van der Waals surface area contributed by atoms with Gasteiger partial charge in [0.05, 0.1) is 6.54 Å². The average Bonchev–Trinajstić information content (AvgIpc) is 3.25. The van der Waals surface area contributed by atoms with E-state index in [1.165, 1.54) is 5.56 Å². The van der Waals surface area contributed by atoms with E-state index in [2.05, 4.69) is 29.7 Å². The fourth-order valence-electron chi connectivity index (χ4n) is 3.70. The van der Waals surface area contributed by atoms with Gasteiger partial charge in [-0.15, -0.1) is 0 Å². The normalized spacial score (nSPS) is 20.7. The Labute approximate surface area is 163 Å². The number of fused-ring (bicyclic) bond motifs is 1. The first kappa shape index (κ1) is 17.9. The van der Waals surface area contributed by atoms with Crippen molar-refractivity contribution in [3.8, 4) is 16.9 Å². The number of halogens is 1. The highest BCUT2D eigenvalue weighted by Crippen LogP contribution is 2.40. The van der Waals surface area contributed by atoms with Crippen molar-refractivity contribution in [2.24, 2.45) is 0 Å². The van der Waals surface area contributed by atoms with Crippen molar-refractivity contribution in [2.45, 2.75) is 38.3 Å². The molecule has 0 bridgehead atoms. The zero-order chi connectivity index (χ0) is 19.0. The van der Waals surface area contributed by atoms with Crippen LogP contribution in [0.5, 0.6) is 5.75 Å². The van der Waals surface area contributed by atoms with Crippen molar-refractivity contribution >= 4 is 23.4 Å². The van der Waals surface area contributed by atoms with Crippen LogP contribution < -0.4 is 15.4 Å². The smallest absolute Gasteiger partial charge is 0.242 e. The Morgan fingerprint density at radius 3 is 2.78 bits per heavy atom. The Kier molecular flexibility index (Phi) is 4.79. The summed E-state index contributed by atoms with van der Waals surface area (Å²) in [7, 11) is 0. The lowest BCUT2D eigenvalue weighted by atomic mass is 9.98. The predicted octanol–water partition coefficient (Wildman–Crippen LogP) is 3.01. The Bertz CT molecular complexity index is 895. The third kappa shape index (κ3) is 3.78. The molecule has 1 fully saturated rings. The molecule has 0 unspecified atom stereocenters. The van der Waals surface area contributed by atoms with Crippen LogP contribution in [0.15, 0.2) is 36.4 Å². The molecular weight excluding hydrogens is 364 g/mol. The SMILES string of the molecule is Cc1cc2c(c(-c3ccc(Cl)cc3)c1)O[C@@H](CNC(=O)[C@@H]1CCC(=O)N1)C2. The number of nitrogens with one attached hydrogen (secondary N) is 2. The number of carbonyl (C=O) groups is 2. The van der Waals surface area contributed by atoms with Crippen molar-refractivity contribution in [1.29, 1.82) is 0 Å². The molecule has 27 heavy (non-hydrogen) atoms. The number of ether oxygens (including phenoxy) is 1. The van der Waals surface area contributed by atoms with Gasteiger partial charge < -0.3 is 15.4 Å². The van der Waals surface area contributed by atoms with Crippen LogP contribution in [0.3, 0.4) is 0 Å². The molecule has 2 aliphatic rings. The lowest BCUT2D eigenvalue weighted by Crippen LogP contribution is -2.44. The van der Waals surface area contributed by atoms with Gasteiger partial charge in [-0.1, -0.05) is 29.8 Å². The molecule has 0 radical (unpaired) electrons. The maximum absolute atomic E-state index is 12.2. The summed E-state index contributed by atoms with van der Waals surface area (Å²) in [6, 6.07) is 11.5. The summed E-state index contributed by atoms with van der Waals surface area (Å²) in [5, 5.41) is 6.29. The number of hydrogen-bond acceptors (Lipinski definition) is 3. The van der Waals surface area contributed by atoms with Crippen molar-refractivity contribution in [3.05, 3.63) is 52.5 Å². The van der Waals surface area contributed by atoms with E-state index < -0.39 is 6.04 Å². The summed E-state index contributed by atoms with van der Waals surface area (Å²) < 4.78 is 6.18. The van der Waals surface area contributed by atoms with E-state index >= 15 is 0 Å². The fourth-order valence-corrected chi connectivity index (χ4v) is 3.82. The standard InChI is InChI=1S/C21H21ClN2O3/c1-12-8-14-10-16(11-23-21(26)18-6-7-19(25)24-18)27-20(14)17(9-12)13-2-4-15(22)5-3-13/h2-5,8-9,16,18H,6-7,10-11H2,1H3,(H,23,26)(H,24,25)/t16-,18+/m1/s1. The van der Waals surface area contributed by atoms with Crippen LogP contribution in [0.4, 0.5) is 0 Å². The molecule has 2 amide bonds. The molecular formula is C21H21ClN2O3. The van der Waals surface area contributed by atoms with E-state index in [0.29, 0.717) is 24.4 Å². The minimum Gasteiger partial charge on any atom is -0.487 e. The second-order valence-electron chi connectivity index (χ2n) is 7.16. The molecule has 0 aliphatic carbocycles. The van der Waals surface area contributed by atoms with Crippen molar-refractivity contribution in [1.82, 2.24) is 10.6 Å². The third-order valence-corrected chi connectivity index (χ3v) is 5.27. The largest absolute Gasteiger partial charge is 0.487 e. The molecule has 6 heteroatoms. The van der Waals surface area contributed by atoms with Crippen LogP contribution in [-0.2, 0) is 16.0 Å². The summed E-state index contributed by atoms with van der Waals surface area (Å²) in [6.07, 6.45) is 1.59. The van der Waals surface area contributed by atoms with Gasteiger partial charge in [0.25, 0.3) is 0 Å². The lowest BCUT2D eigenvalue weighted by molar-refractivity contribution is -0.126. The van der Waals surface area contributed by atoms with E-state index in [0.717, 1.165) is 28.9 Å². The van der Waals surface area contributed by atoms with Crippen molar-refractivity contribution < 1.29 is 14.3 Å². The van der Waals surface area contributed by atoms with Crippen LogP contribution >= 0.6 is 11.6 Å². The predicted molar refractivity (Wildman–Crippen MR) is 104 cm³/mol. The van der Waals surface area contributed by atoms with Crippen LogP contribution in [0.1, 0.15) is 24.0 Å². The Morgan fingerprint density at radius 2 is 2.07 bits per heavy atom. The summed E-state index contributed by atoms with van der Waals surface area (Å²) >= 11 is 6.01. The highest BCUT2D eigenvalue weighted by Gasteiger charge is 2.30. The number of amides is 2. The first-order valence-electron chi connectivity index (χ1n) is 9.13. The quantitative estimate of drug-likeness (QED) is 0.851. The minimum absolute atomic E-state index is 0.0669. The molecule has 0 aromatic heterocycles. The van der Waals surface area contributed by atoms with Gasteiger partial charge in [-0.05, 0) is 48.2 Å². The summed E-state index contributed by atoms with van der Waals surface area (Å²) in [4.78, 5) is 23.5. The molecule has 2 N–H and O–H groups in total. The monoisotopic (exact) mass is 384 g/mol. The number of carbonyl (C=O) groups excluding carboxylic acids is 2. The topological polar surface area (TPSA) is 67.4 Å². The fraction of sp³-hybridized carbons (Fsp3) is 0.333. The summed E-state index contributed by atoms with van der Waals surface area (Å²) in [5.41, 5.74) is 4.41. The van der Waals surface area contributed by atoms with Gasteiger partial charge in [0.15, 0.2) is 0 Å². The zero-order valence-electron chi connectivity index (χ0n) is 15.0. The van der Waals surface area contributed by atoms with Crippen LogP contribution in [0.2, 0.25) is 5.02 Å². The number of benzene rings is 2. The van der Waals surface area contributed by atoms with Gasteiger partial charge in [0, 0.05) is 23.4 Å². The van der Waals surface area contributed by atoms with Gasteiger partial charge in [-0.2, -0.15) is 0 Å². The summed E-state index contributed by atoms with van der Waals surface area (Å²) in [6.45, 7) is 2.48. The maximum Gasteiger partial charge on any atom is 0.242 e. The van der Waals surface area contributed by atoms with E-state index in [1.807, 2.05) is 24.3 Å². The minimum atomic E-state index is -0.423. The van der Waals surface area contributed by atoms with Gasteiger partial charge >= 0.3 is 0 Å². The zero-order valence-corrected chi connectivity index (χ0v) is 15.8. The first-order chi connectivity index (χ1) is 13.0. The Morgan fingerprint density at radius 1 is 1.30 bits per heavy atom. The highest BCUT2D eigenvalue weighted by molar-refractivity contribution is 6.30.